The summed E-state index contributed by atoms with van der Waals surface area (Å²) >= 11 is 0. The lowest BCUT2D eigenvalue weighted by Gasteiger charge is -2.32. The Labute approximate surface area is 342 Å². The van der Waals surface area contributed by atoms with E-state index in [-0.39, 0.29) is 0 Å². The molecule has 2 aliphatic carbocycles. The Morgan fingerprint density at radius 1 is 0.517 bits per heavy atom. The Balaban J connectivity index is 1.39. The maximum absolute atomic E-state index is 2.73. The van der Waals surface area contributed by atoms with Crippen molar-refractivity contribution in [2.24, 2.45) is 17.8 Å². The SMILES string of the molecule is CCCC(CC)C(CC)c1c2c(cc3c4ccccc4c4cccc2c43)c(C2CC3CCC2C3)c2c3ccc(-c4c(C)cccc4C)c4c5ccccc5cc(c12)c34. The highest BCUT2D eigenvalue weighted by Crippen LogP contribution is 2.61. The van der Waals surface area contributed by atoms with Crippen molar-refractivity contribution >= 4 is 86.2 Å². The zero-order valence-electron chi connectivity index (χ0n) is 34.9. The number of fused-ring (bicyclic) bond motifs is 12. The summed E-state index contributed by atoms with van der Waals surface area (Å²) in [6, 6.07) is 43.2. The molecule has 0 saturated heterocycles. The molecule has 2 fully saturated rings. The molecule has 0 amide bonds. The molecule has 2 aliphatic rings. The van der Waals surface area contributed by atoms with Gasteiger partial charge in [-0.3, -0.25) is 0 Å². The minimum atomic E-state index is 0.463. The Morgan fingerprint density at radius 3 is 1.95 bits per heavy atom. The quantitative estimate of drug-likeness (QED) is 0.136. The third-order valence-corrected chi connectivity index (χ3v) is 16.0. The highest BCUT2D eigenvalue weighted by Gasteiger charge is 2.43. The van der Waals surface area contributed by atoms with E-state index in [1.54, 1.807) is 32.7 Å². The van der Waals surface area contributed by atoms with Gasteiger partial charge in [0.15, 0.2) is 0 Å². The van der Waals surface area contributed by atoms with Crippen LogP contribution in [0.5, 0.6) is 0 Å². The molecule has 12 rings (SSSR count). The zero-order chi connectivity index (χ0) is 39.0. The van der Waals surface area contributed by atoms with Crippen molar-refractivity contribution in [3.05, 3.63) is 131 Å². The highest BCUT2D eigenvalue weighted by molar-refractivity contribution is 6.42. The summed E-state index contributed by atoms with van der Waals surface area (Å²) in [5.41, 5.74) is 8.84. The first kappa shape index (κ1) is 34.8. The predicted octanol–water partition coefficient (Wildman–Crippen LogP) is 17.3. The monoisotopic (exact) mass is 750 g/mol. The average Bonchev–Trinajstić information content (AvgIpc) is 4.03. The fraction of sp³-hybridized carbons (Fsp3) is 0.310. The molecule has 0 aliphatic heterocycles. The van der Waals surface area contributed by atoms with E-state index in [1.807, 2.05) is 0 Å². The molecular formula is C58H54. The molecule has 5 atom stereocenters. The lowest BCUT2D eigenvalue weighted by Crippen LogP contribution is -2.15. The van der Waals surface area contributed by atoms with Gasteiger partial charge in [0.05, 0.1) is 0 Å². The number of aryl methyl sites for hydroxylation is 2. The van der Waals surface area contributed by atoms with Gasteiger partial charge in [-0.2, -0.15) is 0 Å². The number of hydrogen-bond acceptors (Lipinski definition) is 0. The zero-order valence-corrected chi connectivity index (χ0v) is 34.9. The van der Waals surface area contributed by atoms with Gasteiger partial charge in [-0.15, -0.1) is 0 Å². The minimum absolute atomic E-state index is 0.463. The maximum Gasteiger partial charge on any atom is -0.00134 e. The Bertz CT molecular complexity index is 3250. The standard InChI is InChI=1S/C58H54/c1-6-15-35(7-2)38(8-3)56-54-43-23-14-22-42-40-20-11-12-21-41(40)47(51(42)43)31-49(54)55(46-29-34-24-25-37(46)28-34)57-45-27-26-44(50-32(4)16-13-17-33(50)5)52-39-19-10-9-18-36(39)30-48(53(45)52)58(56)57/h9-14,16-23,26-27,30-31,34-35,37-38,46H,6-8,15,24-25,28-29H2,1-5H3. The lowest BCUT2D eigenvalue weighted by atomic mass is 9.72. The van der Waals surface area contributed by atoms with E-state index in [2.05, 4.69) is 144 Å². The molecule has 5 unspecified atom stereocenters. The number of hydrogen-bond donors (Lipinski definition) is 0. The van der Waals surface area contributed by atoms with Crippen molar-refractivity contribution in [1.29, 1.82) is 0 Å². The third-order valence-electron chi connectivity index (χ3n) is 16.0. The molecule has 10 aromatic rings. The van der Waals surface area contributed by atoms with Crippen molar-refractivity contribution in [3.8, 4) is 11.1 Å². The van der Waals surface area contributed by atoms with Gasteiger partial charge in [0.2, 0.25) is 0 Å². The van der Waals surface area contributed by atoms with Gasteiger partial charge >= 0.3 is 0 Å². The van der Waals surface area contributed by atoms with Crippen molar-refractivity contribution in [1.82, 2.24) is 0 Å². The Morgan fingerprint density at radius 2 is 1.22 bits per heavy atom. The molecule has 2 saturated carbocycles. The second-order valence-electron chi connectivity index (χ2n) is 18.8. The lowest BCUT2D eigenvalue weighted by molar-refractivity contribution is 0.374. The van der Waals surface area contributed by atoms with Gasteiger partial charge < -0.3 is 0 Å². The third kappa shape index (κ3) is 4.58. The fourth-order valence-corrected chi connectivity index (χ4v) is 13.7. The predicted molar refractivity (Wildman–Crippen MR) is 254 cm³/mol. The van der Waals surface area contributed by atoms with Crippen molar-refractivity contribution in [2.75, 3.05) is 0 Å². The van der Waals surface area contributed by atoms with Crippen LogP contribution in [0.2, 0.25) is 0 Å². The molecule has 0 heterocycles. The fourth-order valence-electron chi connectivity index (χ4n) is 13.7. The van der Waals surface area contributed by atoms with Gasteiger partial charge in [0, 0.05) is 0 Å². The molecule has 0 nitrogen and oxygen atoms in total. The minimum Gasteiger partial charge on any atom is -0.0654 e. The van der Waals surface area contributed by atoms with Gasteiger partial charge in [0.25, 0.3) is 0 Å². The highest BCUT2D eigenvalue weighted by atomic mass is 14.5. The van der Waals surface area contributed by atoms with E-state index in [0.717, 1.165) is 18.3 Å². The van der Waals surface area contributed by atoms with Crippen molar-refractivity contribution in [2.45, 2.75) is 97.8 Å². The summed E-state index contributed by atoms with van der Waals surface area (Å²) in [6.07, 6.45) is 10.4. The summed E-state index contributed by atoms with van der Waals surface area (Å²) in [5, 5.41) is 23.7. The van der Waals surface area contributed by atoms with E-state index in [4.69, 9.17) is 0 Å². The van der Waals surface area contributed by atoms with Gasteiger partial charge in [-0.25, -0.2) is 0 Å². The van der Waals surface area contributed by atoms with E-state index in [0.29, 0.717) is 17.8 Å². The van der Waals surface area contributed by atoms with Gasteiger partial charge in [-0.05, 0) is 201 Å². The first-order valence-corrected chi connectivity index (χ1v) is 22.7. The van der Waals surface area contributed by atoms with E-state index < -0.39 is 0 Å². The van der Waals surface area contributed by atoms with Crippen LogP contribution in [0.4, 0.5) is 0 Å². The molecule has 0 aromatic heterocycles. The molecule has 10 aromatic carbocycles. The molecule has 0 N–H and O–H groups in total. The van der Waals surface area contributed by atoms with Crippen LogP contribution in [0.15, 0.2) is 109 Å². The summed E-state index contributed by atoms with van der Waals surface area (Å²) in [7, 11) is 0. The number of rotatable bonds is 8. The van der Waals surface area contributed by atoms with E-state index in [9.17, 15) is 0 Å². The second-order valence-corrected chi connectivity index (χ2v) is 18.8. The average molecular weight is 751 g/mol. The largest absolute Gasteiger partial charge is 0.0654 e. The van der Waals surface area contributed by atoms with Gasteiger partial charge in [-0.1, -0.05) is 144 Å². The van der Waals surface area contributed by atoms with E-state index >= 15 is 0 Å². The van der Waals surface area contributed by atoms with Crippen LogP contribution in [0, 0.1) is 31.6 Å². The van der Waals surface area contributed by atoms with Crippen LogP contribution in [-0.2, 0) is 0 Å². The summed E-state index contributed by atoms with van der Waals surface area (Å²) < 4.78 is 0. The molecule has 2 bridgehead atoms. The summed E-state index contributed by atoms with van der Waals surface area (Å²) in [4.78, 5) is 0. The van der Waals surface area contributed by atoms with E-state index in [1.165, 1.54) is 132 Å². The maximum atomic E-state index is 2.73. The Hall–Kier alpha value is -5.20. The Kier molecular flexibility index (Phi) is 7.74. The van der Waals surface area contributed by atoms with Crippen molar-refractivity contribution < 1.29 is 0 Å². The molecule has 0 spiro atoms. The number of benzene rings is 8. The van der Waals surface area contributed by atoms with Crippen LogP contribution in [0.25, 0.3) is 97.3 Å². The van der Waals surface area contributed by atoms with Crippen LogP contribution in [-0.4, -0.2) is 0 Å². The molecule has 0 radical (unpaired) electrons. The molecule has 286 valence electrons. The molecular weight excluding hydrogens is 697 g/mol. The first-order chi connectivity index (χ1) is 28.5. The molecule has 0 heteroatoms. The summed E-state index contributed by atoms with van der Waals surface area (Å²) in [6.45, 7) is 12.0. The first-order valence-electron chi connectivity index (χ1n) is 22.7. The topological polar surface area (TPSA) is 0 Å². The van der Waals surface area contributed by atoms with Crippen LogP contribution >= 0.6 is 0 Å². The van der Waals surface area contributed by atoms with Crippen LogP contribution < -0.4 is 0 Å². The van der Waals surface area contributed by atoms with Crippen LogP contribution in [0.1, 0.15) is 106 Å². The summed E-state index contributed by atoms with van der Waals surface area (Å²) in [5.74, 6) is 3.30. The second kappa shape index (κ2) is 12.9. The van der Waals surface area contributed by atoms with Crippen LogP contribution in [0.3, 0.4) is 0 Å². The molecule has 58 heavy (non-hydrogen) atoms. The van der Waals surface area contributed by atoms with Gasteiger partial charge in [0.1, 0.15) is 0 Å². The smallest absolute Gasteiger partial charge is 0.00134 e. The van der Waals surface area contributed by atoms with Crippen molar-refractivity contribution in [3.63, 3.8) is 0 Å². The normalized spacial score (nSPS) is 19.5.